The van der Waals surface area contributed by atoms with Crippen LogP contribution in [0.15, 0.2) is 6.20 Å². The molecule has 0 aliphatic heterocycles. The van der Waals surface area contributed by atoms with Crippen LogP contribution in [0.25, 0.3) is 0 Å². The molecule has 0 amide bonds. The zero-order chi connectivity index (χ0) is 13.9. The summed E-state index contributed by atoms with van der Waals surface area (Å²) in [5.74, 6) is -3.22. The Hall–Kier alpha value is -2.06. The lowest BCUT2D eigenvalue weighted by atomic mass is 10.2. The highest BCUT2D eigenvalue weighted by Crippen LogP contribution is 2.36. The summed E-state index contributed by atoms with van der Waals surface area (Å²) in [7, 11) is 1.02. The highest BCUT2D eigenvalue weighted by Gasteiger charge is 2.35. The number of ether oxygens (including phenoxy) is 2. The average molecular weight is 269 g/mol. The van der Waals surface area contributed by atoms with Crippen molar-refractivity contribution in [3.05, 3.63) is 17.5 Å². The standard InChI is InChI=1S/C9H7F4NO4/c1-17-5-3-14-6(8(15)16)4(2-10)7(5)18-9(11,12)13/h3H,2H2,1H3,(H,15,16). The van der Waals surface area contributed by atoms with Gasteiger partial charge in [-0.25, -0.2) is 14.2 Å². The molecule has 0 saturated carbocycles. The fourth-order valence-corrected chi connectivity index (χ4v) is 1.20. The first-order valence-corrected chi connectivity index (χ1v) is 4.41. The van der Waals surface area contributed by atoms with Gasteiger partial charge in [0, 0.05) is 0 Å². The van der Waals surface area contributed by atoms with Crippen molar-refractivity contribution in [3.63, 3.8) is 0 Å². The largest absolute Gasteiger partial charge is 0.573 e. The first-order chi connectivity index (χ1) is 8.30. The number of alkyl halides is 4. The molecule has 0 bridgehead atoms. The third-order valence-corrected chi connectivity index (χ3v) is 1.87. The van der Waals surface area contributed by atoms with Crippen LogP contribution in [0.3, 0.4) is 0 Å². The Morgan fingerprint density at radius 2 is 2.11 bits per heavy atom. The first-order valence-electron chi connectivity index (χ1n) is 4.41. The fraction of sp³-hybridized carbons (Fsp3) is 0.333. The number of hydrogen-bond acceptors (Lipinski definition) is 4. The normalized spacial score (nSPS) is 11.2. The molecule has 1 rings (SSSR count). The molecule has 0 spiro atoms. The summed E-state index contributed by atoms with van der Waals surface area (Å²) in [5.41, 5.74) is -1.70. The lowest BCUT2D eigenvalue weighted by Crippen LogP contribution is -2.20. The topological polar surface area (TPSA) is 68.7 Å². The van der Waals surface area contributed by atoms with Gasteiger partial charge in [-0.2, -0.15) is 0 Å². The van der Waals surface area contributed by atoms with E-state index in [0.717, 1.165) is 7.11 Å². The Labute approximate surface area is 98.0 Å². The molecule has 100 valence electrons. The minimum Gasteiger partial charge on any atom is -0.491 e. The number of aromatic nitrogens is 1. The Morgan fingerprint density at radius 3 is 2.50 bits per heavy atom. The smallest absolute Gasteiger partial charge is 0.491 e. The molecule has 1 aromatic heterocycles. The van der Waals surface area contributed by atoms with E-state index in [1.54, 1.807) is 0 Å². The number of rotatable bonds is 4. The predicted octanol–water partition coefficient (Wildman–Crippen LogP) is 2.16. The first kappa shape index (κ1) is 14.0. The Balaban J connectivity index is 3.41. The van der Waals surface area contributed by atoms with Gasteiger partial charge in [-0.05, 0) is 0 Å². The van der Waals surface area contributed by atoms with Crippen molar-refractivity contribution in [2.45, 2.75) is 13.0 Å². The molecular weight excluding hydrogens is 262 g/mol. The zero-order valence-corrected chi connectivity index (χ0v) is 8.92. The second-order valence-corrected chi connectivity index (χ2v) is 2.97. The second-order valence-electron chi connectivity index (χ2n) is 2.97. The number of hydrogen-bond donors (Lipinski definition) is 1. The van der Waals surface area contributed by atoms with Crippen molar-refractivity contribution in [1.29, 1.82) is 0 Å². The lowest BCUT2D eigenvalue weighted by Gasteiger charge is -2.15. The molecule has 18 heavy (non-hydrogen) atoms. The number of aromatic carboxylic acids is 1. The van der Waals surface area contributed by atoms with Crippen LogP contribution >= 0.6 is 0 Å². The van der Waals surface area contributed by atoms with Crippen LogP contribution in [0.5, 0.6) is 11.5 Å². The summed E-state index contributed by atoms with van der Waals surface area (Å²) in [6.45, 7) is -1.49. The molecule has 1 aromatic rings. The number of carbonyl (C=O) groups is 1. The second kappa shape index (κ2) is 5.07. The molecule has 1 heterocycles. The van der Waals surface area contributed by atoms with Gasteiger partial charge in [0.05, 0.1) is 18.9 Å². The van der Waals surface area contributed by atoms with Crippen molar-refractivity contribution in [2.75, 3.05) is 7.11 Å². The van der Waals surface area contributed by atoms with Crippen LogP contribution in [0.1, 0.15) is 16.1 Å². The van der Waals surface area contributed by atoms with Crippen LogP contribution in [0, 0.1) is 0 Å². The predicted molar refractivity (Wildman–Crippen MR) is 49.2 cm³/mol. The maximum Gasteiger partial charge on any atom is 0.573 e. The van der Waals surface area contributed by atoms with Crippen LogP contribution in [-0.2, 0) is 6.67 Å². The van der Waals surface area contributed by atoms with Crippen LogP contribution in [-0.4, -0.2) is 29.5 Å². The molecule has 0 aliphatic carbocycles. The van der Waals surface area contributed by atoms with Crippen LogP contribution in [0.2, 0.25) is 0 Å². The van der Waals surface area contributed by atoms with E-state index >= 15 is 0 Å². The van der Waals surface area contributed by atoms with E-state index in [-0.39, 0.29) is 0 Å². The van der Waals surface area contributed by atoms with Gasteiger partial charge in [0.25, 0.3) is 0 Å². The van der Waals surface area contributed by atoms with E-state index in [2.05, 4.69) is 14.5 Å². The molecule has 9 heteroatoms. The van der Waals surface area contributed by atoms with Gasteiger partial charge in [-0.15, -0.1) is 13.2 Å². The fourth-order valence-electron chi connectivity index (χ4n) is 1.20. The summed E-state index contributed by atoms with van der Waals surface area (Å²) in [6, 6.07) is 0. The van der Waals surface area contributed by atoms with Crippen molar-refractivity contribution in [3.8, 4) is 11.5 Å². The number of pyridine rings is 1. The molecule has 0 aromatic carbocycles. The molecule has 0 saturated heterocycles. The van der Waals surface area contributed by atoms with E-state index in [9.17, 15) is 22.4 Å². The molecule has 5 nitrogen and oxygen atoms in total. The summed E-state index contributed by atoms with van der Waals surface area (Å²) in [6.07, 6.45) is -4.39. The van der Waals surface area contributed by atoms with E-state index in [0.29, 0.717) is 6.20 Å². The minimum absolute atomic E-state index is 0.509. The molecule has 0 aliphatic rings. The quantitative estimate of drug-likeness (QED) is 0.848. The number of halogens is 4. The Kier molecular flexibility index (Phi) is 3.94. The van der Waals surface area contributed by atoms with E-state index in [4.69, 9.17) is 5.11 Å². The molecule has 0 fully saturated rings. The van der Waals surface area contributed by atoms with Gasteiger partial charge >= 0.3 is 12.3 Å². The SMILES string of the molecule is COc1cnc(C(=O)O)c(CF)c1OC(F)(F)F. The highest BCUT2D eigenvalue weighted by atomic mass is 19.4. The molecule has 1 N–H and O–H groups in total. The number of carboxylic acids is 1. The van der Waals surface area contributed by atoms with Crippen molar-refractivity contribution < 1.29 is 36.9 Å². The molecular formula is C9H7F4NO4. The van der Waals surface area contributed by atoms with Gasteiger partial charge < -0.3 is 14.6 Å². The highest BCUT2D eigenvalue weighted by molar-refractivity contribution is 5.88. The lowest BCUT2D eigenvalue weighted by molar-refractivity contribution is -0.275. The van der Waals surface area contributed by atoms with Crippen molar-refractivity contribution in [2.24, 2.45) is 0 Å². The zero-order valence-electron chi connectivity index (χ0n) is 8.92. The van der Waals surface area contributed by atoms with Gasteiger partial charge in [0.2, 0.25) is 0 Å². The summed E-state index contributed by atoms with van der Waals surface area (Å²) in [4.78, 5) is 14.0. The van der Waals surface area contributed by atoms with Gasteiger partial charge in [-0.1, -0.05) is 0 Å². The van der Waals surface area contributed by atoms with Crippen molar-refractivity contribution in [1.82, 2.24) is 4.98 Å². The molecule has 0 radical (unpaired) electrons. The van der Waals surface area contributed by atoms with Gasteiger partial charge in [-0.3, -0.25) is 0 Å². The Bertz CT molecular complexity index is 461. The third kappa shape index (κ3) is 2.99. The number of methoxy groups -OCH3 is 1. The van der Waals surface area contributed by atoms with E-state index < -0.39 is 41.8 Å². The maximum atomic E-state index is 12.7. The molecule has 0 unspecified atom stereocenters. The number of carboxylic acid groups (broad SMARTS) is 1. The van der Waals surface area contributed by atoms with Crippen molar-refractivity contribution >= 4 is 5.97 Å². The third-order valence-electron chi connectivity index (χ3n) is 1.87. The van der Waals surface area contributed by atoms with E-state index in [1.165, 1.54) is 0 Å². The monoisotopic (exact) mass is 269 g/mol. The maximum absolute atomic E-state index is 12.7. The average Bonchev–Trinajstić information content (AvgIpc) is 2.26. The Morgan fingerprint density at radius 1 is 1.50 bits per heavy atom. The van der Waals surface area contributed by atoms with Gasteiger partial charge in [0.15, 0.2) is 17.2 Å². The molecule has 0 atom stereocenters. The number of nitrogens with zero attached hydrogens (tertiary/aromatic N) is 1. The summed E-state index contributed by atoms with van der Waals surface area (Å²) < 4.78 is 57.2. The summed E-state index contributed by atoms with van der Waals surface area (Å²) >= 11 is 0. The van der Waals surface area contributed by atoms with Crippen LogP contribution in [0.4, 0.5) is 17.6 Å². The minimum atomic E-state index is -5.10. The van der Waals surface area contributed by atoms with E-state index in [1.807, 2.05) is 0 Å². The van der Waals surface area contributed by atoms with Crippen LogP contribution < -0.4 is 9.47 Å². The van der Waals surface area contributed by atoms with Gasteiger partial charge in [0.1, 0.15) is 6.67 Å². The summed E-state index contributed by atoms with van der Waals surface area (Å²) in [5, 5.41) is 8.68.